The van der Waals surface area contributed by atoms with Crippen LogP contribution in [0, 0.1) is 17.5 Å². The van der Waals surface area contributed by atoms with Crippen LogP contribution in [-0.2, 0) is 0 Å². The van der Waals surface area contributed by atoms with E-state index in [-0.39, 0.29) is 33.8 Å². The van der Waals surface area contributed by atoms with Gasteiger partial charge in [0.1, 0.15) is 22.4 Å². The Labute approximate surface area is 215 Å². The molecule has 0 atom stereocenters. The van der Waals surface area contributed by atoms with Crippen LogP contribution in [-0.4, -0.2) is 40.0 Å². The number of rotatable bonds is 6. The number of hydrogen-bond acceptors (Lipinski definition) is 6. The number of nitrogen functional groups attached to an aromatic ring is 1. The Kier molecular flexibility index (Phi) is 7.53. The lowest BCUT2D eigenvalue weighted by atomic mass is 10.1. The summed E-state index contributed by atoms with van der Waals surface area (Å²) < 4.78 is 44.0. The number of para-hydroxylation sites is 1. The fourth-order valence-electron chi connectivity index (χ4n) is 4.09. The molecule has 0 saturated carbocycles. The monoisotopic (exact) mass is 532 g/mol. The van der Waals surface area contributed by atoms with Crippen molar-refractivity contribution in [2.75, 3.05) is 29.0 Å². The van der Waals surface area contributed by atoms with Gasteiger partial charge >= 0.3 is 0 Å². The normalized spacial score (nSPS) is 13.9. The van der Waals surface area contributed by atoms with E-state index in [2.05, 4.69) is 15.4 Å². The number of carbonyl (C=O) groups excluding carboxylic acids is 1. The van der Waals surface area contributed by atoms with Crippen LogP contribution in [0.25, 0.3) is 5.69 Å². The van der Waals surface area contributed by atoms with Crippen molar-refractivity contribution in [2.24, 2.45) is 4.99 Å². The van der Waals surface area contributed by atoms with Gasteiger partial charge in [0.2, 0.25) is 0 Å². The van der Waals surface area contributed by atoms with Crippen molar-refractivity contribution in [2.45, 2.75) is 32.7 Å². The van der Waals surface area contributed by atoms with Crippen molar-refractivity contribution in [3.05, 3.63) is 75.5 Å². The van der Waals surface area contributed by atoms with Crippen LogP contribution in [0.2, 0.25) is 0 Å². The molecule has 2 aromatic carbocycles. The predicted molar refractivity (Wildman–Crippen MR) is 137 cm³/mol. The molecule has 4 rings (SSSR count). The van der Waals surface area contributed by atoms with Crippen LogP contribution in [0.1, 0.15) is 42.7 Å². The van der Waals surface area contributed by atoms with E-state index < -0.39 is 34.6 Å². The van der Waals surface area contributed by atoms with Crippen molar-refractivity contribution in [3.8, 4) is 5.69 Å². The summed E-state index contributed by atoms with van der Waals surface area (Å²) in [5.41, 5.74) is 4.55. The molecule has 0 bridgehead atoms. The molecule has 3 N–H and O–H groups in total. The Morgan fingerprint density at radius 1 is 1.08 bits per heavy atom. The molecule has 37 heavy (non-hydrogen) atoms. The number of amides is 1. The molecule has 1 fully saturated rings. The number of benzene rings is 2. The second kappa shape index (κ2) is 10.6. The molecule has 1 saturated heterocycles. The number of aromatic nitrogens is 2. The Hall–Kier alpha value is -3.86. The van der Waals surface area contributed by atoms with Crippen molar-refractivity contribution < 1.29 is 18.0 Å². The second-order valence-corrected chi connectivity index (χ2v) is 9.10. The zero-order valence-electron chi connectivity index (χ0n) is 20.1. The molecular formula is C25H24ClF3N6O2. The number of anilines is 3. The van der Waals surface area contributed by atoms with Gasteiger partial charge in [0.05, 0.1) is 22.6 Å². The lowest BCUT2D eigenvalue weighted by Crippen LogP contribution is -2.28. The molecule has 194 valence electrons. The van der Waals surface area contributed by atoms with Gasteiger partial charge in [0.15, 0.2) is 11.6 Å². The first kappa shape index (κ1) is 26.2. The van der Waals surface area contributed by atoms with E-state index in [1.165, 1.54) is 0 Å². The lowest BCUT2D eigenvalue weighted by molar-refractivity contribution is 0.102. The van der Waals surface area contributed by atoms with Crippen LogP contribution in [0.15, 0.2) is 46.2 Å². The zero-order valence-corrected chi connectivity index (χ0v) is 20.8. The van der Waals surface area contributed by atoms with Gasteiger partial charge < -0.3 is 16.0 Å². The number of nitrogens with one attached hydrogen (secondary N) is 1. The number of hydrogen-bond donors (Lipinski definition) is 2. The van der Waals surface area contributed by atoms with Gasteiger partial charge in [0.25, 0.3) is 11.5 Å². The summed E-state index contributed by atoms with van der Waals surface area (Å²) in [5.74, 6) is -3.74. The Balaban J connectivity index is 1.81. The van der Waals surface area contributed by atoms with E-state index >= 15 is 0 Å². The number of nitrogens with two attached hydrogens (primary N) is 1. The van der Waals surface area contributed by atoms with E-state index in [4.69, 9.17) is 17.3 Å². The second-order valence-electron chi connectivity index (χ2n) is 8.74. The number of nitrogens with zero attached hydrogens (tertiary/aromatic N) is 4. The molecule has 0 radical (unpaired) electrons. The quantitative estimate of drug-likeness (QED) is 0.360. The fraction of sp³-hybridized carbons (Fsp3) is 0.280. The summed E-state index contributed by atoms with van der Waals surface area (Å²) in [6.45, 7) is 4.83. The molecule has 0 spiro atoms. The molecule has 1 aliphatic heterocycles. The third kappa shape index (κ3) is 5.31. The minimum Gasteiger partial charge on any atom is -0.396 e. The number of aliphatic imine (C=N–C) groups is 1. The third-order valence-corrected chi connectivity index (χ3v) is 6.01. The highest BCUT2D eigenvalue weighted by atomic mass is 35.5. The van der Waals surface area contributed by atoms with E-state index in [0.29, 0.717) is 23.5 Å². The van der Waals surface area contributed by atoms with Crippen molar-refractivity contribution in [3.63, 3.8) is 0 Å². The topological polar surface area (TPSA) is 106 Å². The SMILES string of the molecule is CC(C)N=C(Cl)c1c(N)c(F)cc(NC(=O)c2ccc(=O)n(-c3c(F)cccc3F)n2)c1N1CCCC1. The maximum Gasteiger partial charge on any atom is 0.276 e. The predicted octanol–water partition coefficient (Wildman–Crippen LogP) is 4.48. The molecule has 3 aromatic rings. The third-order valence-electron chi connectivity index (χ3n) is 5.72. The van der Waals surface area contributed by atoms with Gasteiger partial charge in [0, 0.05) is 31.3 Å². The van der Waals surface area contributed by atoms with Crippen molar-refractivity contribution in [1.82, 2.24) is 9.78 Å². The first-order chi connectivity index (χ1) is 17.6. The smallest absolute Gasteiger partial charge is 0.276 e. The molecular weight excluding hydrogens is 509 g/mol. The summed E-state index contributed by atoms with van der Waals surface area (Å²) in [5, 5.41) is 6.44. The largest absolute Gasteiger partial charge is 0.396 e. The molecule has 1 aliphatic rings. The molecule has 12 heteroatoms. The van der Waals surface area contributed by atoms with Gasteiger partial charge in [-0.05, 0) is 44.9 Å². The molecule has 1 amide bonds. The molecule has 8 nitrogen and oxygen atoms in total. The molecule has 1 aromatic heterocycles. The number of halogens is 4. The highest BCUT2D eigenvalue weighted by molar-refractivity contribution is 6.70. The highest BCUT2D eigenvalue weighted by Gasteiger charge is 2.27. The first-order valence-corrected chi connectivity index (χ1v) is 11.9. The van der Waals surface area contributed by atoms with Crippen LogP contribution < -0.4 is 21.5 Å². The zero-order chi connectivity index (χ0) is 26.9. The van der Waals surface area contributed by atoms with Gasteiger partial charge in [-0.3, -0.25) is 14.6 Å². The van der Waals surface area contributed by atoms with Gasteiger partial charge in [-0.1, -0.05) is 17.7 Å². The van der Waals surface area contributed by atoms with E-state index in [1.807, 2.05) is 4.90 Å². The summed E-state index contributed by atoms with van der Waals surface area (Å²) in [6, 6.07) is 5.97. The summed E-state index contributed by atoms with van der Waals surface area (Å²) >= 11 is 6.47. The Morgan fingerprint density at radius 3 is 2.35 bits per heavy atom. The van der Waals surface area contributed by atoms with E-state index in [9.17, 15) is 22.8 Å². The molecule has 0 aliphatic carbocycles. The van der Waals surface area contributed by atoms with Crippen LogP contribution in [0.5, 0.6) is 0 Å². The maximum absolute atomic E-state index is 14.9. The Bertz CT molecular complexity index is 1430. The average Bonchev–Trinajstić information content (AvgIpc) is 3.36. The Morgan fingerprint density at radius 2 is 1.73 bits per heavy atom. The lowest BCUT2D eigenvalue weighted by Gasteiger charge is -2.26. The maximum atomic E-state index is 14.9. The van der Waals surface area contributed by atoms with Gasteiger partial charge in [-0.25, -0.2) is 13.2 Å². The molecule has 0 unspecified atom stereocenters. The highest BCUT2D eigenvalue weighted by Crippen LogP contribution is 2.39. The number of carbonyl (C=O) groups is 1. The summed E-state index contributed by atoms with van der Waals surface area (Å²) in [6.07, 6.45) is 1.73. The van der Waals surface area contributed by atoms with Crippen LogP contribution >= 0.6 is 11.6 Å². The van der Waals surface area contributed by atoms with Crippen molar-refractivity contribution in [1.29, 1.82) is 0 Å². The van der Waals surface area contributed by atoms with Crippen LogP contribution in [0.4, 0.5) is 30.2 Å². The fourth-order valence-corrected chi connectivity index (χ4v) is 4.48. The van der Waals surface area contributed by atoms with Gasteiger partial charge in [-0.15, -0.1) is 0 Å². The minimum atomic E-state index is -1.03. The summed E-state index contributed by atoms with van der Waals surface area (Å²) in [4.78, 5) is 31.7. The molecule has 2 heterocycles. The van der Waals surface area contributed by atoms with E-state index in [0.717, 1.165) is 49.2 Å². The van der Waals surface area contributed by atoms with Crippen molar-refractivity contribution >= 4 is 39.7 Å². The average molecular weight is 533 g/mol. The van der Waals surface area contributed by atoms with Crippen LogP contribution in [0.3, 0.4) is 0 Å². The first-order valence-electron chi connectivity index (χ1n) is 11.5. The van der Waals surface area contributed by atoms with E-state index in [1.54, 1.807) is 13.8 Å². The minimum absolute atomic E-state index is 0.00824. The standard InChI is InChI=1S/C25H24ClF3N6O2/c1-13(2)31-24(26)20-21(30)16(29)12-18(23(20)34-10-3-4-11-34)32-25(37)17-8-9-19(36)35(33-17)22-14(27)6-5-7-15(22)28/h5-9,12-13H,3-4,10-11,30H2,1-2H3,(H,32,37). The summed E-state index contributed by atoms with van der Waals surface area (Å²) in [7, 11) is 0. The van der Waals surface area contributed by atoms with Gasteiger partial charge in [-0.2, -0.15) is 9.78 Å².